The Morgan fingerprint density at radius 2 is 2.41 bits per heavy atom. The number of amides is 1. The second kappa shape index (κ2) is 5.21. The van der Waals surface area contributed by atoms with Gasteiger partial charge in [0.25, 0.3) is 0 Å². The normalized spacial score (nSPS) is 16.6. The molecular weight excluding hydrogens is 216 g/mol. The van der Waals surface area contributed by atoms with Gasteiger partial charge in [-0.25, -0.2) is 0 Å². The summed E-state index contributed by atoms with van der Waals surface area (Å²) in [6.45, 7) is 2.46. The third-order valence-electron chi connectivity index (χ3n) is 3.01. The summed E-state index contributed by atoms with van der Waals surface area (Å²) < 4.78 is 1.64. The number of nitrogens with one attached hydrogen (secondary N) is 2. The first-order valence-electron chi connectivity index (χ1n) is 6.17. The molecule has 5 heteroatoms. The van der Waals surface area contributed by atoms with Crippen molar-refractivity contribution in [3.63, 3.8) is 0 Å². The van der Waals surface area contributed by atoms with Gasteiger partial charge in [-0.05, 0) is 19.3 Å². The van der Waals surface area contributed by atoms with Gasteiger partial charge in [-0.3, -0.25) is 9.48 Å². The van der Waals surface area contributed by atoms with E-state index in [9.17, 15) is 4.79 Å². The van der Waals surface area contributed by atoms with Gasteiger partial charge in [-0.2, -0.15) is 5.10 Å². The predicted octanol–water partition coefficient (Wildman–Crippen LogP) is 1.23. The third-order valence-corrected chi connectivity index (χ3v) is 3.01. The summed E-state index contributed by atoms with van der Waals surface area (Å²) in [5.74, 6) is 0.879. The zero-order valence-corrected chi connectivity index (χ0v) is 10.4. The highest BCUT2D eigenvalue weighted by Gasteiger charge is 2.23. The van der Waals surface area contributed by atoms with Gasteiger partial charge in [0.05, 0.1) is 11.9 Å². The van der Waals surface area contributed by atoms with Crippen LogP contribution in [0.3, 0.4) is 0 Å². The monoisotopic (exact) mass is 236 g/mol. The zero-order chi connectivity index (χ0) is 12.3. The first-order chi connectivity index (χ1) is 8.17. The number of rotatable bonds is 6. The molecule has 1 aliphatic rings. The number of anilines is 1. The molecule has 1 amide bonds. The van der Waals surface area contributed by atoms with Crippen molar-refractivity contribution >= 4 is 11.6 Å². The maximum absolute atomic E-state index is 11.2. The number of aromatic nitrogens is 2. The van der Waals surface area contributed by atoms with Crippen molar-refractivity contribution < 1.29 is 4.79 Å². The second-order valence-electron chi connectivity index (χ2n) is 4.82. The molecule has 1 saturated carbocycles. The second-order valence-corrected chi connectivity index (χ2v) is 4.82. The van der Waals surface area contributed by atoms with Crippen LogP contribution in [-0.4, -0.2) is 28.8 Å². The Labute approximate surface area is 102 Å². The lowest BCUT2D eigenvalue weighted by Crippen LogP contribution is -2.23. The van der Waals surface area contributed by atoms with E-state index in [2.05, 4.69) is 22.7 Å². The lowest BCUT2D eigenvalue weighted by Gasteiger charge is -2.12. The van der Waals surface area contributed by atoms with Crippen molar-refractivity contribution in [1.29, 1.82) is 0 Å². The number of likely N-dealkylation sites (N-methyl/N-ethyl adjacent to an activating group) is 1. The van der Waals surface area contributed by atoms with Gasteiger partial charge in [-0.15, -0.1) is 0 Å². The summed E-state index contributed by atoms with van der Waals surface area (Å²) >= 11 is 0. The molecule has 0 saturated heterocycles. The number of nitrogens with zero attached hydrogens (tertiary/aromatic N) is 2. The molecule has 0 aliphatic heterocycles. The smallest absolute Gasteiger partial charge is 0.241 e. The van der Waals surface area contributed by atoms with E-state index < -0.39 is 0 Å². The van der Waals surface area contributed by atoms with Crippen LogP contribution in [0, 0.1) is 5.92 Å². The fourth-order valence-electron chi connectivity index (χ4n) is 1.95. The molecular formula is C12H20N4O. The van der Waals surface area contributed by atoms with Gasteiger partial charge in [-0.1, -0.05) is 12.8 Å². The van der Waals surface area contributed by atoms with Crippen molar-refractivity contribution in [2.45, 2.75) is 38.8 Å². The van der Waals surface area contributed by atoms with Crippen LogP contribution in [0.5, 0.6) is 0 Å². The van der Waals surface area contributed by atoms with Gasteiger partial charge in [0.15, 0.2) is 0 Å². The molecule has 2 rings (SSSR count). The highest BCUT2D eigenvalue weighted by molar-refractivity contribution is 5.75. The van der Waals surface area contributed by atoms with E-state index in [4.69, 9.17) is 0 Å². The lowest BCUT2D eigenvalue weighted by molar-refractivity contribution is -0.121. The highest BCUT2D eigenvalue weighted by atomic mass is 16.1. The average Bonchev–Trinajstić information content (AvgIpc) is 2.99. The van der Waals surface area contributed by atoms with Crippen molar-refractivity contribution in [2.75, 3.05) is 12.4 Å². The van der Waals surface area contributed by atoms with Gasteiger partial charge in [0.2, 0.25) is 5.91 Å². The number of hydrogen-bond donors (Lipinski definition) is 2. The summed E-state index contributed by atoms with van der Waals surface area (Å²) in [6.07, 6.45) is 7.62. The Morgan fingerprint density at radius 1 is 1.65 bits per heavy atom. The SMILES string of the molecule is CNC(=O)Cn1cc(NC(C)CC2CC2)cn1. The van der Waals surface area contributed by atoms with E-state index in [0.29, 0.717) is 6.04 Å². The molecule has 94 valence electrons. The summed E-state index contributed by atoms with van der Waals surface area (Å²) in [5, 5.41) is 10.1. The number of carbonyl (C=O) groups is 1. The lowest BCUT2D eigenvalue weighted by atomic mass is 10.1. The van der Waals surface area contributed by atoms with Crippen LogP contribution in [0.1, 0.15) is 26.2 Å². The fourth-order valence-corrected chi connectivity index (χ4v) is 1.95. The minimum atomic E-state index is -0.0364. The first kappa shape index (κ1) is 12.0. The fraction of sp³-hybridized carbons (Fsp3) is 0.667. The number of carbonyl (C=O) groups excluding carboxylic acids is 1. The van der Waals surface area contributed by atoms with Gasteiger partial charge in [0, 0.05) is 19.3 Å². The largest absolute Gasteiger partial charge is 0.380 e. The van der Waals surface area contributed by atoms with Gasteiger partial charge >= 0.3 is 0 Å². The van der Waals surface area contributed by atoms with E-state index in [-0.39, 0.29) is 12.5 Å². The van der Waals surface area contributed by atoms with E-state index in [1.165, 1.54) is 19.3 Å². The molecule has 2 N–H and O–H groups in total. The summed E-state index contributed by atoms with van der Waals surface area (Å²) in [5.41, 5.74) is 0.988. The Bertz CT molecular complexity index is 384. The van der Waals surface area contributed by atoms with Crippen LogP contribution in [0.25, 0.3) is 0 Å². The van der Waals surface area contributed by atoms with E-state index in [1.807, 2.05) is 6.20 Å². The topological polar surface area (TPSA) is 59.0 Å². The van der Waals surface area contributed by atoms with E-state index in [1.54, 1.807) is 17.9 Å². The molecule has 1 unspecified atom stereocenters. The predicted molar refractivity (Wildman–Crippen MR) is 66.7 cm³/mol. The molecule has 0 spiro atoms. The summed E-state index contributed by atoms with van der Waals surface area (Å²) in [6, 6.07) is 0.472. The Kier molecular flexibility index (Phi) is 3.66. The van der Waals surface area contributed by atoms with Crippen molar-refractivity contribution in [2.24, 2.45) is 5.92 Å². The van der Waals surface area contributed by atoms with Crippen LogP contribution in [0.2, 0.25) is 0 Å². The van der Waals surface area contributed by atoms with Gasteiger partial charge < -0.3 is 10.6 Å². The standard InChI is InChI=1S/C12H20N4O/c1-9(5-10-3-4-10)15-11-6-14-16(7-11)8-12(17)13-2/h6-7,9-10,15H,3-5,8H2,1-2H3,(H,13,17). The molecule has 1 aliphatic carbocycles. The van der Waals surface area contributed by atoms with E-state index in [0.717, 1.165) is 11.6 Å². The molecule has 0 aromatic carbocycles. The first-order valence-corrected chi connectivity index (χ1v) is 6.17. The minimum Gasteiger partial charge on any atom is -0.380 e. The Morgan fingerprint density at radius 3 is 3.06 bits per heavy atom. The minimum absolute atomic E-state index is 0.0364. The number of hydrogen-bond acceptors (Lipinski definition) is 3. The van der Waals surface area contributed by atoms with Crippen LogP contribution >= 0.6 is 0 Å². The van der Waals surface area contributed by atoms with E-state index >= 15 is 0 Å². The highest BCUT2D eigenvalue weighted by Crippen LogP contribution is 2.33. The maximum atomic E-state index is 11.2. The Hall–Kier alpha value is -1.52. The summed E-state index contributed by atoms with van der Waals surface area (Å²) in [7, 11) is 1.63. The summed E-state index contributed by atoms with van der Waals surface area (Å²) in [4.78, 5) is 11.2. The molecule has 0 bridgehead atoms. The van der Waals surface area contributed by atoms with Crippen LogP contribution < -0.4 is 10.6 Å². The van der Waals surface area contributed by atoms with Crippen LogP contribution in [-0.2, 0) is 11.3 Å². The molecule has 17 heavy (non-hydrogen) atoms. The molecule has 1 aromatic rings. The average molecular weight is 236 g/mol. The quantitative estimate of drug-likeness (QED) is 0.781. The molecule has 5 nitrogen and oxygen atoms in total. The van der Waals surface area contributed by atoms with Crippen molar-refractivity contribution in [3.8, 4) is 0 Å². The Balaban J connectivity index is 1.82. The molecule has 1 heterocycles. The van der Waals surface area contributed by atoms with Crippen LogP contribution in [0.15, 0.2) is 12.4 Å². The molecule has 1 aromatic heterocycles. The van der Waals surface area contributed by atoms with Crippen LogP contribution in [0.4, 0.5) is 5.69 Å². The molecule has 0 radical (unpaired) electrons. The zero-order valence-electron chi connectivity index (χ0n) is 10.4. The maximum Gasteiger partial charge on any atom is 0.241 e. The third kappa shape index (κ3) is 3.76. The van der Waals surface area contributed by atoms with Gasteiger partial charge in [0.1, 0.15) is 6.54 Å². The molecule has 1 fully saturated rings. The van der Waals surface area contributed by atoms with Crippen molar-refractivity contribution in [3.05, 3.63) is 12.4 Å². The van der Waals surface area contributed by atoms with Crippen molar-refractivity contribution in [1.82, 2.24) is 15.1 Å². The molecule has 1 atom stereocenters.